The molecule has 0 aliphatic carbocycles. The Morgan fingerprint density at radius 3 is 2.00 bits per heavy atom. The van der Waals surface area contributed by atoms with E-state index in [0.717, 1.165) is 0 Å². The van der Waals surface area contributed by atoms with Gasteiger partial charge in [-0.3, -0.25) is 0 Å². The zero-order valence-electron chi connectivity index (χ0n) is 14.4. The van der Waals surface area contributed by atoms with E-state index in [1.165, 1.54) is 11.1 Å². The van der Waals surface area contributed by atoms with Crippen molar-refractivity contribution in [3.8, 4) is 0 Å². The van der Waals surface area contributed by atoms with Crippen molar-refractivity contribution in [2.75, 3.05) is 40.5 Å². The quantitative estimate of drug-likeness (QED) is 0.664. The summed E-state index contributed by atoms with van der Waals surface area (Å²) in [6.45, 7) is 1.51. The summed E-state index contributed by atoms with van der Waals surface area (Å²) in [7, 11) is 3.88. The molecule has 0 fully saturated rings. The standard InChI is InChI=1S/C20H25NO3/c1-21(2)13-14-24-20(22)16-23-15-19(17-9-5-3-6-10-17)18-11-7-4-8-12-18/h3-12,19H,13-16H2,1-2H3. The minimum Gasteiger partial charge on any atom is -0.463 e. The van der Waals surface area contributed by atoms with Crippen molar-refractivity contribution in [1.82, 2.24) is 4.90 Å². The van der Waals surface area contributed by atoms with Crippen LogP contribution in [0.3, 0.4) is 0 Å². The van der Waals surface area contributed by atoms with E-state index in [2.05, 4.69) is 24.3 Å². The van der Waals surface area contributed by atoms with Gasteiger partial charge in [0.2, 0.25) is 0 Å². The number of rotatable bonds is 9. The Kier molecular flexibility index (Phi) is 7.46. The molecule has 0 N–H and O–H groups in total. The first-order valence-electron chi connectivity index (χ1n) is 8.15. The fourth-order valence-corrected chi connectivity index (χ4v) is 2.40. The van der Waals surface area contributed by atoms with Crippen LogP contribution in [0, 0.1) is 0 Å². The van der Waals surface area contributed by atoms with Gasteiger partial charge < -0.3 is 14.4 Å². The van der Waals surface area contributed by atoms with E-state index < -0.39 is 0 Å². The maximum absolute atomic E-state index is 11.7. The molecular formula is C20H25NO3. The van der Waals surface area contributed by atoms with E-state index in [1.807, 2.05) is 55.4 Å². The van der Waals surface area contributed by atoms with Crippen LogP contribution in [-0.2, 0) is 14.3 Å². The molecule has 24 heavy (non-hydrogen) atoms. The molecule has 2 aromatic carbocycles. The minimum absolute atomic E-state index is 0.0242. The highest BCUT2D eigenvalue weighted by Gasteiger charge is 2.15. The van der Waals surface area contributed by atoms with Crippen LogP contribution in [0.25, 0.3) is 0 Å². The molecule has 4 heteroatoms. The Balaban J connectivity index is 1.89. The SMILES string of the molecule is CN(C)CCOC(=O)COCC(c1ccccc1)c1ccccc1. The minimum atomic E-state index is -0.322. The Morgan fingerprint density at radius 2 is 1.50 bits per heavy atom. The first kappa shape index (κ1) is 18.2. The van der Waals surface area contributed by atoms with Gasteiger partial charge in [0.05, 0.1) is 6.61 Å². The van der Waals surface area contributed by atoms with E-state index >= 15 is 0 Å². The van der Waals surface area contributed by atoms with Crippen LogP contribution < -0.4 is 0 Å². The van der Waals surface area contributed by atoms with Gasteiger partial charge in [0.25, 0.3) is 0 Å². The van der Waals surface area contributed by atoms with Crippen LogP contribution in [0.1, 0.15) is 17.0 Å². The van der Waals surface area contributed by atoms with Crippen LogP contribution in [-0.4, -0.2) is 51.3 Å². The van der Waals surface area contributed by atoms with Crippen molar-refractivity contribution in [3.63, 3.8) is 0 Å². The van der Waals surface area contributed by atoms with Crippen molar-refractivity contribution in [2.45, 2.75) is 5.92 Å². The van der Waals surface area contributed by atoms with Gasteiger partial charge in [0.15, 0.2) is 0 Å². The van der Waals surface area contributed by atoms with Crippen molar-refractivity contribution < 1.29 is 14.3 Å². The van der Waals surface area contributed by atoms with Gasteiger partial charge in [0.1, 0.15) is 13.2 Å². The Morgan fingerprint density at radius 1 is 0.958 bits per heavy atom. The summed E-state index contributed by atoms with van der Waals surface area (Å²) in [5.41, 5.74) is 2.34. The summed E-state index contributed by atoms with van der Waals surface area (Å²) in [4.78, 5) is 13.7. The number of likely N-dealkylation sites (N-methyl/N-ethyl adjacent to an activating group) is 1. The summed E-state index contributed by atoms with van der Waals surface area (Å²) < 4.78 is 10.8. The van der Waals surface area contributed by atoms with Crippen LogP contribution in [0.2, 0.25) is 0 Å². The number of hydrogen-bond donors (Lipinski definition) is 0. The fourth-order valence-electron chi connectivity index (χ4n) is 2.40. The maximum atomic E-state index is 11.7. The molecule has 0 saturated heterocycles. The number of carbonyl (C=O) groups is 1. The molecule has 0 aromatic heterocycles. The van der Waals surface area contributed by atoms with Crippen LogP contribution in [0.4, 0.5) is 0 Å². The third kappa shape index (κ3) is 6.14. The molecule has 0 aliphatic heterocycles. The van der Waals surface area contributed by atoms with E-state index in [9.17, 15) is 4.79 Å². The number of ether oxygens (including phenoxy) is 2. The number of carbonyl (C=O) groups excluding carboxylic acids is 1. The topological polar surface area (TPSA) is 38.8 Å². The van der Waals surface area contributed by atoms with Gasteiger partial charge >= 0.3 is 5.97 Å². The molecule has 0 radical (unpaired) electrons. The predicted octanol–water partition coefficient (Wildman–Crippen LogP) is 2.94. The highest BCUT2D eigenvalue weighted by molar-refractivity contribution is 5.70. The van der Waals surface area contributed by atoms with Crippen molar-refractivity contribution in [3.05, 3.63) is 71.8 Å². The van der Waals surface area contributed by atoms with Crippen molar-refractivity contribution >= 4 is 5.97 Å². The number of esters is 1. The van der Waals surface area contributed by atoms with E-state index in [-0.39, 0.29) is 18.5 Å². The molecule has 4 nitrogen and oxygen atoms in total. The molecule has 0 bridgehead atoms. The average molecular weight is 327 g/mol. The van der Waals surface area contributed by atoms with Crippen LogP contribution in [0.15, 0.2) is 60.7 Å². The Bertz CT molecular complexity index is 559. The highest BCUT2D eigenvalue weighted by Crippen LogP contribution is 2.24. The van der Waals surface area contributed by atoms with E-state index in [0.29, 0.717) is 19.8 Å². The van der Waals surface area contributed by atoms with Gasteiger partial charge in [0, 0.05) is 12.5 Å². The van der Waals surface area contributed by atoms with Crippen molar-refractivity contribution in [1.29, 1.82) is 0 Å². The molecule has 0 atom stereocenters. The maximum Gasteiger partial charge on any atom is 0.332 e. The second kappa shape index (κ2) is 9.85. The summed E-state index contributed by atoms with van der Waals surface area (Å²) in [5.74, 6) is -0.223. The van der Waals surface area contributed by atoms with Gasteiger partial charge in [-0.25, -0.2) is 4.79 Å². The summed E-state index contributed by atoms with van der Waals surface area (Å²) in [5, 5.41) is 0. The van der Waals surface area contributed by atoms with Crippen molar-refractivity contribution in [2.24, 2.45) is 0 Å². The summed E-state index contributed by atoms with van der Waals surface area (Å²) >= 11 is 0. The molecule has 0 spiro atoms. The first-order valence-corrected chi connectivity index (χ1v) is 8.15. The van der Waals surface area contributed by atoms with Gasteiger partial charge in [-0.05, 0) is 25.2 Å². The molecule has 0 amide bonds. The lowest BCUT2D eigenvalue weighted by molar-refractivity contribution is -0.149. The Labute approximate surface area is 144 Å². The average Bonchev–Trinajstić information content (AvgIpc) is 2.60. The molecule has 2 rings (SSSR count). The first-order chi connectivity index (χ1) is 11.7. The lowest BCUT2D eigenvalue weighted by Gasteiger charge is -2.18. The largest absolute Gasteiger partial charge is 0.463 e. The van der Waals surface area contributed by atoms with Crippen LogP contribution in [0.5, 0.6) is 0 Å². The van der Waals surface area contributed by atoms with Crippen LogP contribution >= 0.6 is 0 Å². The number of hydrogen-bond acceptors (Lipinski definition) is 4. The molecule has 0 aliphatic rings. The summed E-state index contributed by atoms with van der Waals surface area (Å²) in [6, 6.07) is 20.4. The molecular weight excluding hydrogens is 302 g/mol. The van der Waals surface area contributed by atoms with Gasteiger partial charge in [-0.15, -0.1) is 0 Å². The number of benzene rings is 2. The predicted molar refractivity (Wildman–Crippen MR) is 95.1 cm³/mol. The smallest absolute Gasteiger partial charge is 0.332 e. The third-order valence-electron chi connectivity index (χ3n) is 3.71. The Hall–Kier alpha value is -2.17. The monoisotopic (exact) mass is 327 g/mol. The fraction of sp³-hybridized carbons (Fsp3) is 0.350. The molecule has 0 heterocycles. The number of nitrogens with zero attached hydrogens (tertiary/aromatic N) is 1. The third-order valence-corrected chi connectivity index (χ3v) is 3.71. The molecule has 2 aromatic rings. The van der Waals surface area contributed by atoms with E-state index in [4.69, 9.17) is 9.47 Å². The zero-order valence-corrected chi connectivity index (χ0v) is 14.4. The molecule has 0 saturated carbocycles. The molecule has 0 unspecified atom stereocenters. The van der Waals surface area contributed by atoms with E-state index in [1.54, 1.807) is 0 Å². The van der Waals surface area contributed by atoms with Gasteiger partial charge in [-0.2, -0.15) is 0 Å². The summed E-state index contributed by atoms with van der Waals surface area (Å²) in [6.07, 6.45) is 0. The second-order valence-electron chi connectivity index (χ2n) is 5.91. The lowest BCUT2D eigenvalue weighted by atomic mass is 9.92. The molecule has 128 valence electrons. The zero-order chi connectivity index (χ0) is 17.2. The van der Waals surface area contributed by atoms with Gasteiger partial charge in [-0.1, -0.05) is 60.7 Å². The second-order valence-corrected chi connectivity index (χ2v) is 5.91. The highest BCUT2D eigenvalue weighted by atomic mass is 16.6. The normalized spacial score (nSPS) is 11.0. The lowest BCUT2D eigenvalue weighted by Crippen LogP contribution is -2.22.